The second-order valence-corrected chi connectivity index (χ2v) is 8.80. The molecule has 4 heteroatoms. The number of nitrogens with zero attached hydrogens (tertiary/aromatic N) is 3. The third-order valence-corrected chi connectivity index (χ3v) is 6.74. The van der Waals surface area contributed by atoms with Gasteiger partial charge in [-0.25, -0.2) is 0 Å². The van der Waals surface area contributed by atoms with Crippen LogP contribution in [0.15, 0.2) is 12.1 Å². The lowest BCUT2D eigenvalue weighted by Gasteiger charge is -2.43. The second-order valence-electron chi connectivity index (χ2n) is 7.63. The molecule has 0 aromatic heterocycles. The van der Waals surface area contributed by atoms with Crippen LogP contribution in [-0.2, 0) is 0 Å². The molecular weight excluding hydrogens is 314 g/mol. The third kappa shape index (κ3) is 2.93. The fourth-order valence-corrected chi connectivity index (χ4v) is 5.65. The van der Waals surface area contributed by atoms with Crippen molar-refractivity contribution in [3.8, 4) is 6.07 Å². The molecule has 3 heterocycles. The van der Waals surface area contributed by atoms with Gasteiger partial charge in [-0.05, 0) is 49.4 Å². The van der Waals surface area contributed by atoms with Gasteiger partial charge in [0.05, 0.1) is 17.0 Å². The molecular formula is C20H29N3S. The van der Waals surface area contributed by atoms with Crippen LogP contribution in [0.2, 0.25) is 0 Å². The number of hydrogen-bond donors (Lipinski definition) is 0. The highest BCUT2D eigenvalue weighted by Gasteiger charge is 2.57. The fourth-order valence-electron chi connectivity index (χ4n) is 3.99. The van der Waals surface area contributed by atoms with Gasteiger partial charge in [-0.15, -0.1) is 0 Å². The first kappa shape index (κ1) is 17.6. The van der Waals surface area contributed by atoms with Crippen molar-refractivity contribution in [1.82, 2.24) is 4.90 Å². The Hall–Kier alpha value is -1.18. The number of hydrogen-bond acceptors (Lipinski definition) is 4. The van der Waals surface area contributed by atoms with Gasteiger partial charge in [-0.3, -0.25) is 4.90 Å². The Balaban J connectivity index is 1.88. The van der Waals surface area contributed by atoms with Gasteiger partial charge >= 0.3 is 0 Å². The van der Waals surface area contributed by atoms with E-state index in [2.05, 4.69) is 74.4 Å². The number of aryl methyl sites for hydroxylation is 2. The van der Waals surface area contributed by atoms with Gasteiger partial charge in [0.1, 0.15) is 5.50 Å². The Bertz CT molecular complexity index is 649. The van der Waals surface area contributed by atoms with Gasteiger partial charge in [0.2, 0.25) is 0 Å². The third-order valence-electron chi connectivity index (χ3n) is 5.18. The Labute approximate surface area is 151 Å². The largest absolute Gasteiger partial charge is 0.333 e. The van der Waals surface area contributed by atoms with Crippen LogP contribution < -0.4 is 4.90 Å². The minimum atomic E-state index is 0.477. The lowest BCUT2D eigenvalue weighted by atomic mass is 10.0. The van der Waals surface area contributed by atoms with Crippen LogP contribution in [-0.4, -0.2) is 28.4 Å². The summed E-state index contributed by atoms with van der Waals surface area (Å²) in [6.45, 7) is 12.3. The zero-order valence-electron chi connectivity index (χ0n) is 15.5. The number of rotatable bonds is 6. The molecule has 3 unspecified atom stereocenters. The number of thioether (sulfide) groups is 1. The number of benzene rings is 1. The van der Waals surface area contributed by atoms with Crippen LogP contribution >= 0.6 is 11.8 Å². The standard InChI is InChI=1S/C20H29N3S/c1-6-7-8-17-19-23(20(24-19)22(17)12-13(2)3)18-10-14(4)16(11-21)9-15(18)5/h9-10,13,17,19-20H,6-8,12H2,1-5H3. The van der Waals surface area contributed by atoms with Crippen molar-refractivity contribution in [2.45, 2.75) is 70.8 Å². The molecule has 0 spiro atoms. The van der Waals surface area contributed by atoms with Gasteiger partial charge in [0.15, 0.2) is 0 Å². The average Bonchev–Trinajstić information content (AvgIpc) is 2.99. The summed E-state index contributed by atoms with van der Waals surface area (Å²) in [6, 6.07) is 7.26. The van der Waals surface area contributed by atoms with E-state index < -0.39 is 0 Å². The lowest BCUT2D eigenvalue weighted by molar-refractivity contribution is 0.214. The van der Waals surface area contributed by atoms with E-state index in [0.717, 1.165) is 11.1 Å². The molecule has 3 atom stereocenters. The smallest absolute Gasteiger partial charge is 0.134 e. The Morgan fingerprint density at radius 2 is 2.00 bits per heavy atom. The van der Waals surface area contributed by atoms with Crippen molar-refractivity contribution in [3.05, 3.63) is 28.8 Å². The van der Waals surface area contributed by atoms with Crippen LogP contribution in [0.4, 0.5) is 5.69 Å². The van der Waals surface area contributed by atoms with Crippen LogP contribution in [0.1, 0.15) is 56.7 Å². The molecule has 1 aromatic rings. The molecule has 3 saturated heterocycles. The fraction of sp³-hybridized carbons (Fsp3) is 0.650. The Morgan fingerprint density at radius 1 is 1.25 bits per heavy atom. The molecule has 0 radical (unpaired) electrons. The molecule has 1 aromatic carbocycles. The first-order valence-corrected chi connectivity index (χ1v) is 10.1. The van der Waals surface area contributed by atoms with Gasteiger partial charge in [0, 0.05) is 18.3 Å². The molecule has 3 aliphatic heterocycles. The first-order chi connectivity index (χ1) is 11.5. The quantitative estimate of drug-likeness (QED) is 0.737. The normalized spacial score (nSPS) is 25.9. The summed E-state index contributed by atoms with van der Waals surface area (Å²) >= 11 is 2.12. The predicted molar refractivity (Wildman–Crippen MR) is 103 cm³/mol. The molecule has 3 nitrogen and oxygen atoms in total. The SMILES string of the molecule is CCCCC1C2SC(N1CC(C)C)N2c1cc(C)c(C#N)cc1C. The molecule has 0 amide bonds. The first-order valence-electron chi connectivity index (χ1n) is 9.18. The summed E-state index contributed by atoms with van der Waals surface area (Å²) in [5, 5.41) is 9.84. The molecule has 0 aliphatic carbocycles. The highest BCUT2D eigenvalue weighted by Crippen LogP contribution is 2.54. The van der Waals surface area contributed by atoms with E-state index in [0.29, 0.717) is 22.8 Å². The molecule has 4 rings (SSSR count). The topological polar surface area (TPSA) is 30.3 Å². The van der Waals surface area contributed by atoms with Gasteiger partial charge in [0.25, 0.3) is 0 Å². The van der Waals surface area contributed by atoms with E-state index in [-0.39, 0.29) is 0 Å². The predicted octanol–water partition coefficient (Wildman–Crippen LogP) is 4.87. The summed E-state index contributed by atoms with van der Waals surface area (Å²) in [5.74, 6) is 0.694. The number of unbranched alkanes of at least 4 members (excludes halogenated alkanes) is 1. The molecule has 24 heavy (non-hydrogen) atoms. The summed E-state index contributed by atoms with van der Waals surface area (Å²) < 4.78 is 0. The summed E-state index contributed by atoms with van der Waals surface area (Å²) in [5.41, 5.74) is 4.93. The van der Waals surface area contributed by atoms with E-state index in [1.165, 1.54) is 37.1 Å². The highest BCUT2D eigenvalue weighted by molar-refractivity contribution is 8.02. The molecule has 0 saturated carbocycles. The van der Waals surface area contributed by atoms with E-state index in [4.69, 9.17) is 0 Å². The van der Waals surface area contributed by atoms with Crippen LogP contribution in [0, 0.1) is 31.1 Å². The Morgan fingerprint density at radius 3 is 2.62 bits per heavy atom. The van der Waals surface area contributed by atoms with Crippen molar-refractivity contribution < 1.29 is 0 Å². The van der Waals surface area contributed by atoms with E-state index >= 15 is 0 Å². The monoisotopic (exact) mass is 343 g/mol. The van der Waals surface area contributed by atoms with Crippen molar-refractivity contribution in [1.29, 1.82) is 5.26 Å². The molecule has 130 valence electrons. The van der Waals surface area contributed by atoms with E-state index in [1.54, 1.807) is 0 Å². The molecule has 3 fully saturated rings. The van der Waals surface area contributed by atoms with Gasteiger partial charge in [-0.1, -0.05) is 45.4 Å². The molecule has 3 aliphatic rings. The maximum atomic E-state index is 9.26. The summed E-state index contributed by atoms with van der Waals surface area (Å²) in [7, 11) is 0. The van der Waals surface area contributed by atoms with Crippen molar-refractivity contribution in [2.75, 3.05) is 11.4 Å². The minimum Gasteiger partial charge on any atom is -0.333 e. The summed E-state index contributed by atoms with van der Waals surface area (Å²) in [4.78, 5) is 5.33. The van der Waals surface area contributed by atoms with Crippen molar-refractivity contribution in [3.63, 3.8) is 0 Å². The Kier molecular flexibility index (Phi) is 5.13. The maximum Gasteiger partial charge on any atom is 0.134 e. The van der Waals surface area contributed by atoms with E-state index in [1.807, 2.05) is 0 Å². The molecule has 0 N–H and O–H groups in total. The molecule has 2 bridgehead atoms. The van der Waals surface area contributed by atoms with Gasteiger partial charge in [-0.2, -0.15) is 5.26 Å². The van der Waals surface area contributed by atoms with Gasteiger partial charge < -0.3 is 4.90 Å². The zero-order valence-corrected chi connectivity index (χ0v) is 16.4. The average molecular weight is 344 g/mol. The number of nitriles is 1. The number of anilines is 1. The van der Waals surface area contributed by atoms with Crippen molar-refractivity contribution in [2.24, 2.45) is 5.92 Å². The lowest BCUT2D eigenvalue weighted by Crippen LogP contribution is -2.48. The highest BCUT2D eigenvalue weighted by atomic mass is 32.2. The minimum absolute atomic E-state index is 0.477. The van der Waals surface area contributed by atoms with Crippen LogP contribution in [0.5, 0.6) is 0 Å². The van der Waals surface area contributed by atoms with E-state index in [9.17, 15) is 5.26 Å². The van der Waals surface area contributed by atoms with Crippen molar-refractivity contribution >= 4 is 17.4 Å². The summed E-state index contributed by atoms with van der Waals surface area (Å²) in [6.07, 6.45) is 3.87. The maximum absolute atomic E-state index is 9.26. The zero-order chi connectivity index (χ0) is 17.4. The van der Waals surface area contributed by atoms with Crippen LogP contribution in [0.3, 0.4) is 0 Å². The second kappa shape index (κ2) is 6.98. The number of fused-ring (bicyclic) bond motifs is 1. The van der Waals surface area contributed by atoms with Crippen LogP contribution in [0.25, 0.3) is 0 Å².